The Morgan fingerprint density at radius 1 is 0.620 bits per heavy atom. The molecule has 50 heavy (non-hydrogen) atoms. The van der Waals surface area contributed by atoms with Crippen molar-refractivity contribution in [3.63, 3.8) is 0 Å². The van der Waals surface area contributed by atoms with Gasteiger partial charge in [-0.05, 0) is 86.1 Å². The number of fused-ring (bicyclic) bond motifs is 2. The Hall–Kier alpha value is -3.64. The maximum absolute atomic E-state index is 6.68. The van der Waals surface area contributed by atoms with Crippen molar-refractivity contribution < 1.29 is 0 Å². The molecule has 6 heterocycles. The van der Waals surface area contributed by atoms with E-state index in [1.54, 1.807) is 24.8 Å². The summed E-state index contributed by atoms with van der Waals surface area (Å²) in [6, 6.07) is 15.3. The summed E-state index contributed by atoms with van der Waals surface area (Å²) >= 11 is 24.9. The number of benzene rings is 2. The minimum absolute atomic E-state index is 0.283. The van der Waals surface area contributed by atoms with E-state index in [0.29, 0.717) is 15.1 Å². The molecule has 0 aliphatic carbocycles. The molecule has 0 amide bonds. The van der Waals surface area contributed by atoms with Gasteiger partial charge in [0, 0.05) is 59.7 Å². The van der Waals surface area contributed by atoms with E-state index in [9.17, 15) is 0 Å². The Labute approximate surface area is 310 Å². The third kappa shape index (κ3) is 7.51. The Kier molecular flexibility index (Phi) is 10.1. The van der Waals surface area contributed by atoms with E-state index in [1.807, 2.05) is 48.8 Å². The molecule has 0 atom stereocenters. The van der Waals surface area contributed by atoms with E-state index in [-0.39, 0.29) is 11.1 Å². The molecule has 4 aromatic heterocycles. The van der Waals surface area contributed by atoms with Crippen molar-refractivity contribution >= 4 is 80.1 Å². The standard InChI is InChI=1S/2C18H19Cl2N5/c19-13-1-2-15(20)12(9-13)10-18(21)4-7-25(8-5-18)17-14-3-6-22-16(14)23-11-24-17;19-14-3-1-2-12(15(14)20)10-18(21)5-8-25(9-6-18)17-13-4-7-22-16(13)23-11-24-17/h1-3,6,9,11H,4-5,7-8,10,21H2,(H,22,23,24);1-4,7,11H,5-6,8-10,21H2,(H,22,23,24). The topological polar surface area (TPSA) is 142 Å². The smallest absolute Gasteiger partial charge is 0.142 e. The lowest BCUT2D eigenvalue weighted by molar-refractivity contribution is 0.330. The van der Waals surface area contributed by atoms with Gasteiger partial charge in [-0.25, -0.2) is 19.9 Å². The number of nitrogens with zero attached hydrogens (tertiary/aromatic N) is 6. The molecule has 0 saturated carbocycles. The summed E-state index contributed by atoms with van der Waals surface area (Å²) in [6.07, 6.45) is 11.9. The van der Waals surface area contributed by atoms with Crippen molar-refractivity contribution in [2.24, 2.45) is 11.5 Å². The van der Waals surface area contributed by atoms with E-state index in [1.165, 1.54) is 0 Å². The van der Waals surface area contributed by atoms with Crippen molar-refractivity contribution in [3.05, 3.63) is 105 Å². The number of nitrogens with two attached hydrogens (primary N) is 2. The zero-order valence-electron chi connectivity index (χ0n) is 27.3. The number of nitrogens with one attached hydrogen (secondary N) is 2. The van der Waals surface area contributed by atoms with E-state index in [0.717, 1.165) is 115 Å². The Bertz CT molecular complexity index is 2000. The van der Waals surface area contributed by atoms with Gasteiger partial charge in [-0.3, -0.25) is 0 Å². The summed E-state index contributed by atoms with van der Waals surface area (Å²) < 4.78 is 0. The first-order chi connectivity index (χ1) is 24.1. The minimum atomic E-state index is -0.283. The molecule has 2 aliphatic heterocycles. The second-order valence-corrected chi connectivity index (χ2v) is 15.0. The second kappa shape index (κ2) is 14.5. The van der Waals surface area contributed by atoms with E-state index >= 15 is 0 Å². The van der Waals surface area contributed by atoms with Crippen LogP contribution in [0.1, 0.15) is 36.8 Å². The number of H-pyrrole nitrogens is 2. The highest BCUT2D eigenvalue weighted by Gasteiger charge is 2.34. The van der Waals surface area contributed by atoms with Crippen molar-refractivity contribution in [3.8, 4) is 0 Å². The van der Waals surface area contributed by atoms with Crippen LogP contribution in [0.4, 0.5) is 11.6 Å². The van der Waals surface area contributed by atoms with Gasteiger partial charge in [-0.2, -0.15) is 0 Å². The predicted octanol–water partition coefficient (Wildman–Crippen LogP) is 7.61. The van der Waals surface area contributed by atoms with Gasteiger partial charge < -0.3 is 31.2 Å². The van der Waals surface area contributed by atoms with Gasteiger partial charge in [0.2, 0.25) is 0 Å². The quantitative estimate of drug-likeness (QED) is 0.136. The van der Waals surface area contributed by atoms with Crippen molar-refractivity contribution in [1.82, 2.24) is 29.9 Å². The van der Waals surface area contributed by atoms with Crippen LogP contribution in [-0.2, 0) is 12.8 Å². The van der Waals surface area contributed by atoms with E-state index in [4.69, 9.17) is 57.9 Å². The van der Waals surface area contributed by atoms with E-state index < -0.39 is 0 Å². The highest BCUT2D eigenvalue weighted by molar-refractivity contribution is 6.42. The molecule has 6 N–H and O–H groups in total. The Morgan fingerprint density at radius 2 is 1.14 bits per heavy atom. The first-order valence-electron chi connectivity index (χ1n) is 16.6. The maximum Gasteiger partial charge on any atom is 0.142 e. The molecule has 2 aromatic carbocycles. The fraction of sp³-hybridized carbons (Fsp3) is 0.333. The van der Waals surface area contributed by atoms with E-state index in [2.05, 4.69) is 39.7 Å². The predicted molar refractivity (Wildman–Crippen MR) is 205 cm³/mol. The number of halogens is 4. The molecule has 0 unspecified atom stereocenters. The largest absolute Gasteiger partial charge is 0.356 e. The zero-order chi connectivity index (χ0) is 34.9. The summed E-state index contributed by atoms with van der Waals surface area (Å²) in [5.74, 6) is 1.93. The highest BCUT2D eigenvalue weighted by atomic mass is 35.5. The molecule has 6 aromatic rings. The maximum atomic E-state index is 6.68. The normalized spacial score (nSPS) is 17.2. The van der Waals surface area contributed by atoms with Crippen molar-refractivity contribution in [2.75, 3.05) is 36.0 Å². The van der Waals surface area contributed by atoms with Crippen LogP contribution in [0.25, 0.3) is 22.1 Å². The molecule has 2 aliphatic rings. The third-order valence-corrected chi connectivity index (χ3v) is 11.4. The second-order valence-electron chi connectivity index (χ2n) is 13.4. The summed E-state index contributed by atoms with van der Waals surface area (Å²) in [5, 5.41) is 4.70. The summed E-state index contributed by atoms with van der Waals surface area (Å²) in [4.78, 5) is 28.3. The van der Waals surface area contributed by atoms with Crippen LogP contribution in [0.2, 0.25) is 20.1 Å². The van der Waals surface area contributed by atoms with Crippen LogP contribution in [-0.4, -0.2) is 67.2 Å². The lowest BCUT2D eigenvalue weighted by Gasteiger charge is -2.40. The monoisotopic (exact) mass is 750 g/mol. The number of rotatable bonds is 6. The zero-order valence-corrected chi connectivity index (χ0v) is 30.4. The van der Waals surface area contributed by atoms with Gasteiger partial charge in [0.15, 0.2) is 0 Å². The number of aromatic nitrogens is 6. The molecular weight excluding hydrogens is 714 g/mol. The van der Waals surface area contributed by atoms with Crippen LogP contribution in [0.5, 0.6) is 0 Å². The molecule has 0 spiro atoms. The fourth-order valence-electron chi connectivity index (χ4n) is 7.03. The first kappa shape index (κ1) is 34.8. The molecule has 8 rings (SSSR count). The molecule has 0 radical (unpaired) electrons. The van der Waals surface area contributed by atoms with Crippen LogP contribution in [0.15, 0.2) is 73.6 Å². The molecule has 14 heteroatoms. The van der Waals surface area contributed by atoms with Crippen molar-refractivity contribution in [2.45, 2.75) is 49.6 Å². The number of piperidine rings is 2. The SMILES string of the molecule is NC1(Cc2cc(Cl)ccc2Cl)CCN(c2ncnc3[nH]ccc23)CC1.NC1(Cc2cccc(Cl)c2Cl)CCN(c2ncnc3[nH]ccc23)CC1. The molecule has 260 valence electrons. The summed E-state index contributed by atoms with van der Waals surface area (Å²) in [5.41, 5.74) is 16.5. The number of anilines is 2. The number of aromatic amines is 2. The van der Waals surface area contributed by atoms with Gasteiger partial charge in [-0.15, -0.1) is 0 Å². The summed E-state index contributed by atoms with van der Waals surface area (Å²) in [6.45, 7) is 3.41. The van der Waals surface area contributed by atoms with Gasteiger partial charge in [0.05, 0.1) is 20.8 Å². The Morgan fingerprint density at radius 3 is 1.68 bits per heavy atom. The lowest BCUT2D eigenvalue weighted by atomic mass is 9.83. The van der Waals surface area contributed by atoms with Crippen LogP contribution < -0.4 is 21.3 Å². The van der Waals surface area contributed by atoms with Crippen LogP contribution in [0.3, 0.4) is 0 Å². The Balaban J connectivity index is 0.000000157. The van der Waals surface area contributed by atoms with Crippen LogP contribution >= 0.6 is 46.4 Å². The summed E-state index contributed by atoms with van der Waals surface area (Å²) in [7, 11) is 0. The van der Waals surface area contributed by atoms with Gasteiger partial charge in [0.1, 0.15) is 35.6 Å². The molecule has 10 nitrogen and oxygen atoms in total. The number of hydrogen-bond acceptors (Lipinski definition) is 8. The van der Waals surface area contributed by atoms with Crippen molar-refractivity contribution in [1.29, 1.82) is 0 Å². The van der Waals surface area contributed by atoms with Crippen LogP contribution in [0, 0.1) is 0 Å². The molecule has 2 saturated heterocycles. The average molecular weight is 753 g/mol. The highest BCUT2D eigenvalue weighted by Crippen LogP contribution is 2.34. The molecule has 0 bridgehead atoms. The number of hydrogen-bond donors (Lipinski definition) is 4. The van der Waals surface area contributed by atoms with Gasteiger partial charge >= 0.3 is 0 Å². The third-order valence-electron chi connectivity index (χ3n) is 9.91. The molecular formula is C36H38Cl4N10. The fourth-order valence-corrected chi connectivity index (χ4v) is 7.79. The van der Waals surface area contributed by atoms with Gasteiger partial charge in [0.25, 0.3) is 0 Å². The van der Waals surface area contributed by atoms with Gasteiger partial charge in [-0.1, -0.05) is 58.5 Å². The lowest BCUT2D eigenvalue weighted by Crippen LogP contribution is -2.52. The average Bonchev–Trinajstić information content (AvgIpc) is 3.80. The molecule has 2 fully saturated rings. The first-order valence-corrected chi connectivity index (χ1v) is 18.1. The minimum Gasteiger partial charge on any atom is -0.356 e.